The van der Waals surface area contributed by atoms with Crippen molar-refractivity contribution in [1.82, 2.24) is 59.8 Å². The average Bonchev–Trinajstić information content (AvgIpc) is 0.990. The van der Waals surface area contributed by atoms with Crippen molar-refractivity contribution >= 4 is 87.2 Å². The zero-order chi connectivity index (χ0) is 60.9. The fourth-order valence-corrected chi connectivity index (χ4v) is 12.2. The van der Waals surface area contributed by atoms with Gasteiger partial charge in [0.05, 0.1) is 85.0 Å². The average molecular weight is 1180 g/mol. The Morgan fingerprint density at radius 3 is 1.01 bits per heavy atom. The first kappa shape index (κ1) is 53.4. The van der Waals surface area contributed by atoms with E-state index in [1.807, 2.05) is 42.9 Å². The van der Waals surface area contributed by atoms with Crippen LogP contribution in [0.15, 0.2) is 292 Å². The van der Waals surface area contributed by atoms with E-state index in [-0.39, 0.29) is 0 Å². The molecule has 18 aromatic rings. The van der Waals surface area contributed by atoms with Gasteiger partial charge in [-0.25, -0.2) is 24.9 Å². The third-order valence-electron chi connectivity index (χ3n) is 17.0. The van der Waals surface area contributed by atoms with Gasteiger partial charge in [-0.1, -0.05) is 140 Å². The van der Waals surface area contributed by atoms with Crippen LogP contribution in [0, 0.1) is 0 Å². The summed E-state index contributed by atoms with van der Waals surface area (Å²) in [5.41, 5.74) is 23.4. The summed E-state index contributed by atoms with van der Waals surface area (Å²) in [5.74, 6) is 0. The Bertz CT molecular complexity index is 5850. The molecule has 0 bridgehead atoms. The molecule has 0 unspecified atom stereocenters. The van der Waals surface area contributed by atoms with E-state index < -0.39 is 0 Å². The van der Waals surface area contributed by atoms with E-state index in [0.717, 1.165) is 177 Å². The fraction of sp³-hybridized carbons (Fsp3) is 0. The Morgan fingerprint density at radius 2 is 0.554 bits per heavy atom. The molecule has 0 fully saturated rings. The van der Waals surface area contributed by atoms with Crippen LogP contribution in [0.1, 0.15) is 0 Å². The van der Waals surface area contributed by atoms with Crippen molar-refractivity contribution in [1.29, 1.82) is 0 Å². The van der Waals surface area contributed by atoms with Crippen molar-refractivity contribution < 1.29 is 0 Å². The Labute approximate surface area is 526 Å². The predicted molar refractivity (Wildman–Crippen MR) is 370 cm³/mol. The molecular weight excluding hydrogens is 1130 g/mol. The molecular formula is C80H48N12. The van der Waals surface area contributed by atoms with Gasteiger partial charge < -0.3 is 0 Å². The van der Waals surface area contributed by atoms with Crippen LogP contribution in [0.3, 0.4) is 0 Å². The molecule has 18 rings (SSSR count). The predicted octanol–water partition coefficient (Wildman–Crippen LogP) is 18.7. The first-order valence-electron chi connectivity index (χ1n) is 30.2. The molecule has 0 N–H and O–H groups in total. The highest BCUT2D eigenvalue weighted by Crippen LogP contribution is 2.36. The van der Waals surface area contributed by atoms with Gasteiger partial charge in [0.2, 0.25) is 0 Å². The zero-order valence-electron chi connectivity index (χ0n) is 49.1. The van der Waals surface area contributed by atoms with Crippen molar-refractivity contribution in [3.63, 3.8) is 0 Å². The van der Waals surface area contributed by atoms with Gasteiger partial charge in [0.25, 0.3) is 0 Å². The first-order valence-corrected chi connectivity index (χ1v) is 30.2. The molecule has 0 saturated heterocycles. The van der Waals surface area contributed by atoms with E-state index in [0.29, 0.717) is 0 Å². The normalized spacial score (nSPS) is 11.5. The molecule has 0 radical (unpaired) electrons. The minimum Gasteiger partial charge on any atom is -0.261 e. The summed E-state index contributed by atoms with van der Waals surface area (Å²) in [6, 6.07) is 82.0. The van der Waals surface area contributed by atoms with Crippen molar-refractivity contribution in [3.05, 3.63) is 292 Å². The molecule has 0 aliphatic rings. The molecule has 10 aromatic heterocycles. The molecule has 0 saturated carbocycles. The van der Waals surface area contributed by atoms with E-state index in [9.17, 15) is 0 Å². The molecule has 0 spiro atoms. The SMILES string of the molecule is c1cnc2c(c1)ccc1c(-c3ccc(-c4ccc5cc(-c6ccc7nc(-c8cnccn8)ccc7c6)ccc5n4)cc3)ccnc12.c1cnc2c(c1)ccc1ccc(-c3ccc(-c4ccc5cc(-c6ccc7nc(-c8cnccn8)ccc7c6)ccc5n4)cc3)nc12. The molecule has 12 nitrogen and oxygen atoms in total. The summed E-state index contributed by atoms with van der Waals surface area (Å²) in [6.45, 7) is 0. The Hall–Kier alpha value is -12.8. The van der Waals surface area contributed by atoms with Crippen LogP contribution >= 0.6 is 0 Å². The standard InChI is InChI=1S/2C40H24N6/c1-2-27-7-12-33-32(17-19-44-40(33)39(27)43-18-1)25-3-5-26(6-4-25)34-15-10-30-22-28(8-13-35(30)45-34)29-9-14-36-31(23-29)11-16-37(46-36)38-24-41-20-21-42-38;1-2-27-7-8-28-9-14-34(46-40(28)39(27)43-19-1)26-5-3-25(4-6-26)33-17-12-31-22-29(10-15-35(31)44-33)30-11-16-36-32(23-30)13-18-37(45-36)38-24-41-20-21-42-38/h2*1-24H. The summed E-state index contributed by atoms with van der Waals surface area (Å²) >= 11 is 0. The van der Waals surface area contributed by atoms with Crippen LogP contribution in [0.2, 0.25) is 0 Å². The smallest absolute Gasteiger partial charge is 0.107 e. The maximum Gasteiger partial charge on any atom is 0.107 e. The van der Waals surface area contributed by atoms with Crippen molar-refractivity contribution in [3.8, 4) is 89.9 Å². The highest BCUT2D eigenvalue weighted by molar-refractivity contribution is 6.08. The second-order valence-corrected chi connectivity index (χ2v) is 22.6. The van der Waals surface area contributed by atoms with Gasteiger partial charge >= 0.3 is 0 Å². The monoisotopic (exact) mass is 1180 g/mol. The second kappa shape index (κ2) is 22.7. The molecule has 0 aliphatic heterocycles. The summed E-state index contributed by atoms with van der Waals surface area (Å²) in [5, 5.41) is 8.70. The fourth-order valence-electron chi connectivity index (χ4n) is 12.2. The van der Waals surface area contributed by atoms with Crippen LogP contribution < -0.4 is 0 Å². The van der Waals surface area contributed by atoms with E-state index in [1.54, 1.807) is 37.2 Å². The van der Waals surface area contributed by atoms with Gasteiger partial charge in [0.1, 0.15) is 11.4 Å². The second-order valence-electron chi connectivity index (χ2n) is 22.6. The topological polar surface area (TPSA) is 155 Å². The summed E-state index contributed by atoms with van der Waals surface area (Å²) in [7, 11) is 0. The summed E-state index contributed by atoms with van der Waals surface area (Å²) in [4.78, 5) is 55.5. The highest BCUT2D eigenvalue weighted by Gasteiger charge is 2.14. The molecule has 0 amide bonds. The van der Waals surface area contributed by atoms with Gasteiger partial charge in [0, 0.05) is 103 Å². The molecule has 92 heavy (non-hydrogen) atoms. The van der Waals surface area contributed by atoms with Gasteiger partial charge in [-0.05, 0) is 130 Å². The maximum absolute atomic E-state index is 5.02. The van der Waals surface area contributed by atoms with Crippen LogP contribution in [0.5, 0.6) is 0 Å². The molecule has 12 heteroatoms. The first-order chi connectivity index (χ1) is 45.5. The van der Waals surface area contributed by atoms with Gasteiger partial charge in [-0.3, -0.25) is 34.9 Å². The number of hydrogen-bond donors (Lipinski definition) is 0. The van der Waals surface area contributed by atoms with E-state index in [2.05, 4.69) is 247 Å². The van der Waals surface area contributed by atoms with E-state index in [4.69, 9.17) is 24.9 Å². The van der Waals surface area contributed by atoms with Gasteiger partial charge in [-0.15, -0.1) is 0 Å². The van der Waals surface area contributed by atoms with E-state index >= 15 is 0 Å². The molecule has 0 aliphatic carbocycles. The lowest BCUT2D eigenvalue weighted by molar-refractivity contribution is 1.19. The lowest BCUT2D eigenvalue weighted by Gasteiger charge is -2.10. The number of benzene rings is 8. The van der Waals surface area contributed by atoms with Crippen molar-refractivity contribution in [2.75, 3.05) is 0 Å². The molecule has 0 atom stereocenters. The lowest BCUT2D eigenvalue weighted by atomic mass is 9.98. The quantitative estimate of drug-likeness (QED) is 0.133. The Morgan fingerprint density at radius 1 is 0.196 bits per heavy atom. The van der Waals surface area contributed by atoms with Crippen LogP contribution in [-0.2, 0) is 0 Å². The maximum atomic E-state index is 5.02. The molecule has 428 valence electrons. The minimum atomic E-state index is 0.763. The lowest BCUT2D eigenvalue weighted by Crippen LogP contribution is -1.90. The number of pyridine rings is 8. The van der Waals surface area contributed by atoms with E-state index in [1.165, 1.54) is 0 Å². The van der Waals surface area contributed by atoms with Crippen LogP contribution in [0.25, 0.3) is 177 Å². The Balaban J connectivity index is 0.000000141. The number of fused-ring (bicyclic) bond motifs is 10. The summed E-state index contributed by atoms with van der Waals surface area (Å²) in [6.07, 6.45) is 15.7. The number of aromatic nitrogens is 12. The van der Waals surface area contributed by atoms with Gasteiger partial charge in [0.15, 0.2) is 0 Å². The van der Waals surface area contributed by atoms with Crippen molar-refractivity contribution in [2.24, 2.45) is 0 Å². The third-order valence-corrected chi connectivity index (χ3v) is 17.0. The minimum absolute atomic E-state index is 0.763. The van der Waals surface area contributed by atoms with Crippen molar-refractivity contribution in [2.45, 2.75) is 0 Å². The van der Waals surface area contributed by atoms with Crippen LogP contribution in [0.4, 0.5) is 0 Å². The number of rotatable bonds is 8. The number of nitrogens with zero attached hydrogens (tertiary/aromatic N) is 12. The largest absolute Gasteiger partial charge is 0.261 e. The molecule has 8 aromatic carbocycles. The number of hydrogen-bond acceptors (Lipinski definition) is 12. The zero-order valence-corrected chi connectivity index (χ0v) is 49.1. The molecule has 10 heterocycles. The van der Waals surface area contributed by atoms with Gasteiger partial charge in [-0.2, -0.15) is 0 Å². The Kier molecular flexibility index (Phi) is 13.2. The highest BCUT2D eigenvalue weighted by atomic mass is 14.8. The van der Waals surface area contributed by atoms with Crippen LogP contribution in [-0.4, -0.2) is 59.8 Å². The third kappa shape index (κ3) is 10.1. The summed E-state index contributed by atoms with van der Waals surface area (Å²) < 4.78 is 0.